The number of carbonyl (C=O) groups is 1. The van der Waals surface area contributed by atoms with Crippen LogP contribution >= 0.6 is 12.4 Å². The average molecular weight is 335 g/mol. The van der Waals surface area contributed by atoms with Crippen LogP contribution < -0.4 is 10.6 Å². The van der Waals surface area contributed by atoms with Crippen molar-refractivity contribution in [3.05, 3.63) is 48.3 Å². The lowest BCUT2D eigenvalue weighted by Crippen LogP contribution is -2.33. The Bertz CT molecular complexity index is 623. The van der Waals surface area contributed by atoms with E-state index in [-0.39, 0.29) is 24.4 Å². The molecule has 2 unspecified atom stereocenters. The lowest BCUT2D eigenvalue weighted by molar-refractivity contribution is -0.122. The molecule has 1 aliphatic heterocycles. The van der Waals surface area contributed by atoms with E-state index in [0.29, 0.717) is 12.5 Å². The number of aromatic nitrogens is 2. The third kappa shape index (κ3) is 4.33. The highest BCUT2D eigenvalue weighted by Gasteiger charge is 2.20. The van der Waals surface area contributed by atoms with E-state index in [2.05, 4.69) is 15.7 Å². The maximum Gasteiger partial charge on any atom is 0.222 e. The van der Waals surface area contributed by atoms with E-state index in [9.17, 15) is 4.79 Å². The van der Waals surface area contributed by atoms with E-state index in [1.807, 2.05) is 48.1 Å². The first-order valence-corrected chi connectivity index (χ1v) is 7.86. The van der Waals surface area contributed by atoms with Gasteiger partial charge in [-0.2, -0.15) is 5.10 Å². The number of rotatable bonds is 5. The number of hydrogen-bond donors (Lipinski definition) is 2. The number of carbonyl (C=O) groups excluding carboxylic acids is 1. The van der Waals surface area contributed by atoms with Crippen LogP contribution in [-0.2, 0) is 4.79 Å². The Labute approximate surface area is 142 Å². The lowest BCUT2D eigenvalue weighted by Gasteiger charge is -2.19. The topological polar surface area (TPSA) is 59.0 Å². The molecular weight excluding hydrogens is 312 g/mol. The molecular formula is C17H23ClN4O. The molecule has 2 heterocycles. The Morgan fingerprint density at radius 2 is 2.26 bits per heavy atom. The third-order valence-electron chi connectivity index (χ3n) is 4.13. The van der Waals surface area contributed by atoms with Gasteiger partial charge in [0.2, 0.25) is 5.91 Å². The second-order valence-corrected chi connectivity index (χ2v) is 5.80. The predicted octanol–water partition coefficient (Wildman–Crippen LogP) is 2.61. The molecule has 0 saturated carbocycles. The second kappa shape index (κ2) is 8.13. The largest absolute Gasteiger partial charge is 0.349 e. The summed E-state index contributed by atoms with van der Waals surface area (Å²) in [6.45, 7) is 3.04. The van der Waals surface area contributed by atoms with Crippen LogP contribution in [0.4, 0.5) is 0 Å². The van der Waals surface area contributed by atoms with Crippen molar-refractivity contribution in [1.82, 2.24) is 20.4 Å². The summed E-state index contributed by atoms with van der Waals surface area (Å²) >= 11 is 0. The molecule has 2 atom stereocenters. The van der Waals surface area contributed by atoms with Gasteiger partial charge in [-0.3, -0.25) is 4.79 Å². The van der Waals surface area contributed by atoms with E-state index < -0.39 is 0 Å². The van der Waals surface area contributed by atoms with Gasteiger partial charge in [0.15, 0.2) is 0 Å². The molecule has 1 saturated heterocycles. The fraction of sp³-hybridized carbons (Fsp3) is 0.412. The van der Waals surface area contributed by atoms with Crippen LogP contribution in [0.15, 0.2) is 42.7 Å². The summed E-state index contributed by atoms with van der Waals surface area (Å²) in [5, 5.41) is 10.8. The summed E-state index contributed by atoms with van der Waals surface area (Å²) in [5.74, 6) is 0.0992. The Kier molecular flexibility index (Phi) is 6.19. The molecule has 1 fully saturated rings. The van der Waals surface area contributed by atoms with Gasteiger partial charge in [0.25, 0.3) is 0 Å². The lowest BCUT2D eigenvalue weighted by atomic mass is 10.1. The smallest absolute Gasteiger partial charge is 0.222 e. The van der Waals surface area contributed by atoms with Crippen molar-refractivity contribution in [3.63, 3.8) is 0 Å². The van der Waals surface area contributed by atoms with Crippen molar-refractivity contribution in [3.8, 4) is 5.69 Å². The maximum absolute atomic E-state index is 12.2. The molecule has 5 nitrogen and oxygen atoms in total. The molecule has 1 aromatic heterocycles. The SMILES string of the molecule is CC(NC(=O)CC1CCCN1)c1ccccc1-n1cccn1.Cl. The summed E-state index contributed by atoms with van der Waals surface area (Å²) in [6.07, 6.45) is 6.47. The van der Waals surface area contributed by atoms with Gasteiger partial charge in [-0.1, -0.05) is 18.2 Å². The minimum atomic E-state index is -0.0469. The number of para-hydroxylation sites is 1. The van der Waals surface area contributed by atoms with Crippen molar-refractivity contribution in [1.29, 1.82) is 0 Å². The number of nitrogens with one attached hydrogen (secondary N) is 2. The van der Waals surface area contributed by atoms with Crippen LogP contribution in [0.5, 0.6) is 0 Å². The number of halogens is 1. The van der Waals surface area contributed by atoms with Crippen molar-refractivity contribution in [2.24, 2.45) is 0 Å². The summed E-state index contributed by atoms with van der Waals surface area (Å²) in [7, 11) is 0. The fourth-order valence-corrected chi connectivity index (χ4v) is 3.01. The summed E-state index contributed by atoms with van der Waals surface area (Å²) in [5.41, 5.74) is 2.07. The molecule has 1 aromatic carbocycles. The van der Waals surface area contributed by atoms with Gasteiger partial charge in [0.05, 0.1) is 11.7 Å². The van der Waals surface area contributed by atoms with Gasteiger partial charge in [0, 0.05) is 24.9 Å². The number of benzene rings is 1. The summed E-state index contributed by atoms with van der Waals surface area (Å²) < 4.78 is 1.83. The molecule has 0 spiro atoms. The summed E-state index contributed by atoms with van der Waals surface area (Å²) in [6, 6.07) is 10.2. The Morgan fingerprint density at radius 3 is 2.96 bits per heavy atom. The first-order valence-electron chi connectivity index (χ1n) is 7.86. The van der Waals surface area contributed by atoms with Crippen LogP contribution in [0.2, 0.25) is 0 Å². The maximum atomic E-state index is 12.2. The van der Waals surface area contributed by atoms with Gasteiger partial charge in [-0.25, -0.2) is 4.68 Å². The van der Waals surface area contributed by atoms with Gasteiger partial charge in [-0.05, 0) is 44.0 Å². The van der Waals surface area contributed by atoms with Crippen LogP contribution in [-0.4, -0.2) is 28.3 Å². The predicted molar refractivity (Wildman–Crippen MR) is 93.0 cm³/mol. The molecule has 2 aromatic rings. The molecule has 1 amide bonds. The first-order chi connectivity index (χ1) is 10.7. The molecule has 2 N–H and O–H groups in total. The van der Waals surface area contributed by atoms with Crippen molar-refractivity contribution in [2.75, 3.05) is 6.54 Å². The zero-order valence-corrected chi connectivity index (χ0v) is 14.1. The highest BCUT2D eigenvalue weighted by molar-refractivity contribution is 5.85. The van der Waals surface area contributed by atoms with Crippen LogP contribution in [0.25, 0.3) is 5.69 Å². The molecule has 1 aliphatic rings. The monoisotopic (exact) mass is 334 g/mol. The van der Waals surface area contributed by atoms with Crippen LogP contribution in [0.3, 0.4) is 0 Å². The molecule has 0 radical (unpaired) electrons. The van der Waals surface area contributed by atoms with Crippen LogP contribution in [0, 0.1) is 0 Å². The van der Waals surface area contributed by atoms with Gasteiger partial charge >= 0.3 is 0 Å². The van der Waals surface area contributed by atoms with E-state index in [1.54, 1.807) is 6.20 Å². The molecule has 3 rings (SSSR count). The third-order valence-corrected chi connectivity index (χ3v) is 4.13. The average Bonchev–Trinajstić information content (AvgIpc) is 3.20. The van der Waals surface area contributed by atoms with Crippen molar-refractivity contribution >= 4 is 18.3 Å². The standard InChI is InChI=1S/C17H22N4O.ClH/c1-13(20-17(22)12-14-6-4-9-18-14)15-7-2-3-8-16(15)21-11-5-10-19-21;/h2-3,5,7-8,10-11,13-14,18H,4,6,9,12H2,1H3,(H,20,22);1H. The molecule has 23 heavy (non-hydrogen) atoms. The summed E-state index contributed by atoms with van der Waals surface area (Å²) in [4.78, 5) is 12.2. The number of amides is 1. The van der Waals surface area contributed by atoms with Gasteiger partial charge in [0.1, 0.15) is 0 Å². The Morgan fingerprint density at radius 1 is 1.43 bits per heavy atom. The zero-order chi connectivity index (χ0) is 15.4. The van der Waals surface area contributed by atoms with Crippen molar-refractivity contribution < 1.29 is 4.79 Å². The van der Waals surface area contributed by atoms with Gasteiger partial charge < -0.3 is 10.6 Å². The second-order valence-electron chi connectivity index (χ2n) is 5.80. The normalized spacial score (nSPS) is 18.2. The van der Waals surface area contributed by atoms with Gasteiger partial charge in [-0.15, -0.1) is 12.4 Å². The van der Waals surface area contributed by atoms with E-state index in [1.165, 1.54) is 0 Å². The van der Waals surface area contributed by atoms with E-state index >= 15 is 0 Å². The molecule has 6 heteroatoms. The highest BCUT2D eigenvalue weighted by atomic mass is 35.5. The number of nitrogens with zero attached hydrogens (tertiary/aromatic N) is 2. The molecule has 0 aliphatic carbocycles. The Hall–Kier alpha value is -1.85. The molecule has 124 valence electrons. The quantitative estimate of drug-likeness (QED) is 0.883. The van der Waals surface area contributed by atoms with Crippen LogP contribution in [0.1, 0.15) is 37.8 Å². The Balaban J connectivity index is 0.00000192. The molecule has 0 bridgehead atoms. The van der Waals surface area contributed by atoms with E-state index in [0.717, 1.165) is 30.6 Å². The zero-order valence-electron chi connectivity index (χ0n) is 13.2. The van der Waals surface area contributed by atoms with Crippen molar-refractivity contribution in [2.45, 2.75) is 38.3 Å². The first kappa shape index (κ1) is 17.5. The number of hydrogen-bond acceptors (Lipinski definition) is 3. The minimum absolute atomic E-state index is 0. The fourth-order valence-electron chi connectivity index (χ4n) is 3.01. The van der Waals surface area contributed by atoms with E-state index in [4.69, 9.17) is 0 Å². The highest BCUT2D eigenvalue weighted by Crippen LogP contribution is 2.21. The minimum Gasteiger partial charge on any atom is -0.349 e.